The normalized spacial score (nSPS) is 22.2. The van der Waals surface area contributed by atoms with Crippen molar-refractivity contribution in [3.8, 4) is 0 Å². The molecule has 0 aliphatic carbocycles. The summed E-state index contributed by atoms with van der Waals surface area (Å²) in [5, 5.41) is 14.4. The molecule has 3 atom stereocenters. The van der Waals surface area contributed by atoms with Crippen LogP contribution in [-0.2, 0) is 20.4 Å². The third-order valence-corrected chi connectivity index (χ3v) is 3.83. The van der Waals surface area contributed by atoms with Crippen molar-refractivity contribution >= 4 is 17.7 Å². The SMILES string of the molecule is COC(=O)C[C@H]1C=C[C@@H](NC(=O)Nc2ccc(C(F)(F)F)cc2)[C@H](CO)O1. The van der Waals surface area contributed by atoms with E-state index in [4.69, 9.17) is 4.74 Å². The van der Waals surface area contributed by atoms with E-state index in [0.29, 0.717) is 0 Å². The van der Waals surface area contributed by atoms with Crippen LogP contribution in [0.2, 0.25) is 0 Å². The van der Waals surface area contributed by atoms with Crippen LogP contribution in [0.25, 0.3) is 0 Å². The maximum absolute atomic E-state index is 12.5. The van der Waals surface area contributed by atoms with Gasteiger partial charge < -0.3 is 25.2 Å². The Labute approximate surface area is 153 Å². The molecule has 1 heterocycles. The summed E-state index contributed by atoms with van der Waals surface area (Å²) in [6.45, 7) is -0.409. The van der Waals surface area contributed by atoms with E-state index in [0.717, 1.165) is 24.3 Å². The minimum Gasteiger partial charge on any atom is -0.469 e. The lowest BCUT2D eigenvalue weighted by Crippen LogP contribution is -2.49. The van der Waals surface area contributed by atoms with Crippen molar-refractivity contribution in [2.45, 2.75) is 30.8 Å². The molecule has 7 nitrogen and oxygen atoms in total. The number of hydrogen-bond acceptors (Lipinski definition) is 5. The minimum atomic E-state index is -4.46. The number of urea groups is 1. The van der Waals surface area contributed by atoms with Crippen molar-refractivity contribution in [2.75, 3.05) is 19.0 Å². The first kappa shape index (κ1) is 20.7. The van der Waals surface area contributed by atoms with Crippen molar-refractivity contribution in [2.24, 2.45) is 0 Å². The maximum Gasteiger partial charge on any atom is 0.416 e. The van der Waals surface area contributed by atoms with E-state index in [-0.39, 0.29) is 12.1 Å². The van der Waals surface area contributed by atoms with E-state index in [9.17, 15) is 27.9 Å². The minimum absolute atomic E-state index is 0.0338. The fourth-order valence-electron chi connectivity index (χ4n) is 2.44. The molecule has 1 aromatic rings. The number of hydrogen-bond donors (Lipinski definition) is 3. The van der Waals surface area contributed by atoms with Crippen molar-refractivity contribution in [1.82, 2.24) is 5.32 Å². The topological polar surface area (TPSA) is 96.9 Å². The van der Waals surface area contributed by atoms with Gasteiger partial charge in [0.05, 0.1) is 37.8 Å². The molecule has 0 radical (unpaired) electrons. The van der Waals surface area contributed by atoms with Crippen LogP contribution in [0.1, 0.15) is 12.0 Å². The number of halogens is 3. The number of esters is 1. The largest absolute Gasteiger partial charge is 0.469 e. The fraction of sp³-hybridized carbons (Fsp3) is 0.412. The number of ether oxygens (including phenoxy) is 2. The average Bonchev–Trinajstić information content (AvgIpc) is 2.62. The van der Waals surface area contributed by atoms with E-state index in [2.05, 4.69) is 15.4 Å². The molecular formula is C17H19F3N2O5. The van der Waals surface area contributed by atoms with Gasteiger partial charge >= 0.3 is 18.2 Å². The first-order valence-electron chi connectivity index (χ1n) is 7.99. The summed E-state index contributed by atoms with van der Waals surface area (Å²) in [6, 6.07) is 2.61. The van der Waals surface area contributed by atoms with Crippen LogP contribution in [0.4, 0.5) is 23.7 Å². The molecule has 0 fully saturated rings. The van der Waals surface area contributed by atoms with Gasteiger partial charge in [-0.05, 0) is 24.3 Å². The summed E-state index contributed by atoms with van der Waals surface area (Å²) < 4.78 is 47.7. The van der Waals surface area contributed by atoms with Crippen molar-refractivity contribution in [3.05, 3.63) is 42.0 Å². The van der Waals surface area contributed by atoms with Gasteiger partial charge in [0.1, 0.15) is 6.10 Å². The van der Waals surface area contributed by atoms with Gasteiger partial charge in [0.15, 0.2) is 0 Å². The van der Waals surface area contributed by atoms with Gasteiger partial charge in [-0.25, -0.2) is 4.79 Å². The average molecular weight is 388 g/mol. The first-order chi connectivity index (χ1) is 12.7. The molecule has 1 aromatic carbocycles. The molecule has 0 aromatic heterocycles. The highest BCUT2D eigenvalue weighted by Gasteiger charge is 2.31. The number of anilines is 1. The summed E-state index contributed by atoms with van der Waals surface area (Å²) in [5.74, 6) is -0.479. The lowest BCUT2D eigenvalue weighted by molar-refractivity contribution is -0.145. The molecule has 1 aliphatic heterocycles. The van der Waals surface area contributed by atoms with Crippen LogP contribution in [0.3, 0.4) is 0 Å². The first-order valence-corrected chi connectivity index (χ1v) is 7.99. The van der Waals surface area contributed by atoms with E-state index in [1.54, 1.807) is 12.2 Å². The number of carbonyl (C=O) groups is 2. The molecule has 148 valence electrons. The molecule has 0 bridgehead atoms. The Kier molecular flexibility index (Phi) is 6.81. The monoisotopic (exact) mass is 388 g/mol. The van der Waals surface area contributed by atoms with Gasteiger partial charge in [-0.1, -0.05) is 12.2 Å². The number of methoxy groups -OCH3 is 1. The molecular weight excluding hydrogens is 369 g/mol. The van der Waals surface area contributed by atoms with E-state index in [1.165, 1.54) is 7.11 Å². The van der Waals surface area contributed by atoms with Crippen LogP contribution in [0, 0.1) is 0 Å². The zero-order valence-electron chi connectivity index (χ0n) is 14.3. The number of aliphatic hydroxyl groups is 1. The zero-order chi connectivity index (χ0) is 20.0. The van der Waals surface area contributed by atoms with E-state index < -0.39 is 48.6 Å². The Bertz CT molecular complexity index is 691. The predicted molar refractivity (Wildman–Crippen MR) is 88.9 cm³/mol. The second-order valence-corrected chi connectivity index (χ2v) is 5.76. The van der Waals surface area contributed by atoms with Crippen molar-refractivity contribution < 1.29 is 37.3 Å². The standard InChI is InChI=1S/C17H19F3N2O5/c1-26-15(24)8-12-6-7-13(14(9-23)27-12)22-16(25)21-11-4-2-10(3-5-11)17(18,19)20/h2-7,12-14,23H,8-9H2,1H3,(H2,21,22,25)/t12-,13-,14+/m1/s1. The summed E-state index contributed by atoms with van der Waals surface area (Å²) in [4.78, 5) is 23.3. The van der Waals surface area contributed by atoms with Crippen LogP contribution in [0.5, 0.6) is 0 Å². The summed E-state index contributed by atoms with van der Waals surface area (Å²) in [5.41, 5.74) is -0.653. The van der Waals surface area contributed by atoms with E-state index >= 15 is 0 Å². The van der Waals surface area contributed by atoms with Crippen LogP contribution >= 0.6 is 0 Å². The van der Waals surface area contributed by atoms with Gasteiger partial charge in [0.25, 0.3) is 0 Å². The van der Waals surface area contributed by atoms with Crippen LogP contribution < -0.4 is 10.6 Å². The van der Waals surface area contributed by atoms with Gasteiger partial charge in [-0.2, -0.15) is 13.2 Å². The lowest BCUT2D eigenvalue weighted by atomic mass is 10.1. The highest BCUT2D eigenvalue weighted by molar-refractivity contribution is 5.89. The molecule has 10 heteroatoms. The molecule has 2 rings (SSSR count). The Hall–Kier alpha value is -2.59. The molecule has 0 saturated carbocycles. The second-order valence-electron chi connectivity index (χ2n) is 5.76. The predicted octanol–water partition coefficient (Wildman–Crippen LogP) is 2.07. The Morgan fingerprint density at radius 3 is 2.44 bits per heavy atom. The van der Waals surface area contributed by atoms with Crippen LogP contribution in [-0.4, -0.2) is 49.1 Å². The Morgan fingerprint density at radius 1 is 1.22 bits per heavy atom. The van der Waals surface area contributed by atoms with E-state index in [1.807, 2.05) is 0 Å². The summed E-state index contributed by atoms with van der Waals surface area (Å²) in [6.07, 6.45) is -2.74. The van der Waals surface area contributed by atoms with Crippen molar-refractivity contribution in [3.63, 3.8) is 0 Å². The zero-order valence-corrected chi connectivity index (χ0v) is 14.3. The highest BCUT2D eigenvalue weighted by atomic mass is 19.4. The fourth-order valence-corrected chi connectivity index (χ4v) is 2.44. The number of alkyl halides is 3. The Morgan fingerprint density at radius 2 is 1.89 bits per heavy atom. The van der Waals surface area contributed by atoms with Crippen molar-refractivity contribution in [1.29, 1.82) is 0 Å². The molecule has 3 N–H and O–H groups in total. The third kappa shape index (κ3) is 5.97. The smallest absolute Gasteiger partial charge is 0.416 e. The quantitative estimate of drug-likeness (QED) is 0.530. The second kappa shape index (κ2) is 8.87. The molecule has 0 spiro atoms. The Balaban J connectivity index is 1.94. The third-order valence-electron chi connectivity index (χ3n) is 3.83. The van der Waals surface area contributed by atoms with Gasteiger partial charge in [0, 0.05) is 5.69 Å². The maximum atomic E-state index is 12.5. The highest BCUT2D eigenvalue weighted by Crippen LogP contribution is 2.29. The number of benzene rings is 1. The van der Waals surface area contributed by atoms with Gasteiger partial charge in [0.2, 0.25) is 0 Å². The molecule has 0 saturated heterocycles. The summed E-state index contributed by atoms with van der Waals surface area (Å²) in [7, 11) is 1.24. The lowest BCUT2D eigenvalue weighted by Gasteiger charge is -2.31. The van der Waals surface area contributed by atoms with Gasteiger partial charge in [-0.15, -0.1) is 0 Å². The van der Waals surface area contributed by atoms with Crippen LogP contribution in [0.15, 0.2) is 36.4 Å². The number of aliphatic hydroxyl groups excluding tert-OH is 1. The number of nitrogens with one attached hydrogen (secondary N) is 2. The number of amides is 2. The number of rotatable bonds is 5. The molecule has 1 aliphatic rings. The molecule has 2 amide bonds. The molecule has 0 unspecified atom stereocenters. The van der Waals surface area contributed by atoms with Gasteiger partial charge in [-0.3, -0.25) is 4.79 Å². The number of carbonyl (C=O) groups excluding carboxylic acids is 2. The molecule has 27 heavy (non-hydrogen) atoms. The summed E-state index contributed by atoms with van der Waals surface area (Å²) >= 11 is 0.